The van der Waals surface area contributed by atoms with Gasteiger partial charge in [-0.3, -0.25) is 0 Å². The summed E-state index contributed by atoms with van der Waals surface area (Å²) < 4.78 is 5.33. The molecule has 0 aromatic rings. The van der Waals surface area contributed by atoms with Gasteiger partial charge in [-0.05, 0) is 18.8 Å². The Labute approximate surface area is 83.9 Å². The van der Waals surface area contributed by atoms with E-state index >= 15 is 0 Å². The van der Waals surface area contributed by atoms with Gasteiger partial charge in [0.25, 0.3) is 0 Å². The maximum Gasteiger partial charge on any atom is 0.0568 e. The summed E-state index contributed by atoms with van der Waals surface area (Å²) in [7, 11) is 1.82. The Morgan fingerprint density at radius 2 is 1.62 bits per heavy atom. The van der Waals surface area contributed by atoms with Crippen molar-refractivity contribution in [1.29, 1.82) is 0 Å². The zero-order chi connectivity index (χ0) is 10.1. The molecular weight excluding hydrogens is 160 g/mol. The van der Waals surface area contributed by atoms with E-state index in [4.69, 9.17) is 4.74 Å². The van der Waals surface area contributed by atoms with Crippen LogP contribution in [0, 0.1) is 5.92 Å². The number of methoxy groups -OCH3 is 1. The van der Waals surface area contributed by atoms with Crippen LogP contribution in [-0.4, -0.2) is 13.2 Å². The number of hydrogen-bond acceptors (Lipinski definition) is 1. The summed E-state index contributed by atoms with van der Waals surface area (Å²) >= 11 is 0. The van der Waals surface area contributed by atoms with Crippen LogP contribution in [0.1, 0.15) is 59.3 Å². The lowest BCUT2D eigenvalue weighted by Gasteiger charge is -2.13. The Bertz CT molecular complexity index is 97.3. The summed E-state index contributed by atoms with van der Waals surface area (Å²) in [6.07, 6.45) is 8.30. The molecule has 0 heterocycles. The molecule has 1 heteroatoms. The fraction of sp³-hybridized carbons (Fsp3) is 1.00. The van der Waals surface area contributed by atoms with Crippen molar-refractivity contribution < 1.29 is 4.74 Å². The molecule has 0 aromatic carbocycles. The molecule has 0 bridgehead atoms. The highest BCUT2D eigenvalue weighted by Crippen LogP contribution is 2.14. The first-order valence-electron chi connectivity index (χ1n) is 5.77. The van der Waals surface area contributed by atoms with Crippen molar-refractivity contribution in [3.63, 3.8) is 0 Å². The molecule has 0 rings (SSSR count). The molecule has 0 saturated heterocycles. The van der Waals surface area contributed by atoms with Crippen molar-refractivity contribution in [2.24, 2.45) is 5.92 Å². The van der Waals surface area contributed by atoms with Crippen LogP contribution in [0.3, 0.4) is 0 Å². The van der Waals surface area contributed by atoms with Gasteiger partial charge < -0.3 is 4.74 Å². The summed E-state index contributed by atoms with van der Waals surface area (Å²) in [6, 6.07) is 0. The minimum Gasteiger partial charge on any atom is -0.381 e. The Morgan fingerprint density at radius 3 is 2.08 bits per heavy atom. The van der Waals surface area contributed by atoms with Crippen molar-refractivity contribution in [2.45, 2.75) is 65.4 Å². The topological polar surface area (TPSA) is 9.23 Å². The Hall–Kier alpha value is -0.0400. The van der Waals surface area contributed by atoms with E-state index in [0.29, 0.717) is 6.10 Å². The highest BCUT2D eigenvalue weighted by atomic mass is 16.5. The third kappa shape index (κ3) is 7.06. The largest absolute Gasteiger partial charge is 0.381 e. The van der Waals surface area contributed by atoms with Gasteiger partial charge in [0, 0.05) is 7.11 Å². The van der Waals surface area contributed by atoms with Crippen molar-refractivity contribution in [2.75, 3.05) is 7.11 Å². The highest BCUT2D eigenvalue weighted by molar-refractivity contribution is 4.56. The van der Waals surface area contributed by atoms with Gasteiger partial charge in [0.1, 0.15) is 0 Å². The van der Waals surface area contributed by atoms with E-state index in [1.807, 2.05) is 7.11 Å². The summed E-state index contributed by atoms with van der Waals surface area (Å²) in [5, 5.41) is 0. The minimum absolute atomic E-state index is 0.497. The van der Waals surface area contributed by atoms with Crippen LogP contribution in [0.5, 0.6) is 0 Å². The standard InChI is InChI=1S/C12H26O/c1-5-11(3)9-7-8-10-12(6-2)13-4/h11-12H,5-10H2,1-4H3. The van der Waals surface area contributed by atoms with E-state index in [1.165, 1.54) is 32.1 Å². The number of ether oxygens (including phenoxy) is 1. The van der Waals surface area contributed by atoms with Gasteiger partial charge in [-0.25, -0.2) is 0 Å². The summed E-state index contributed by atoms with van der Waals surface area (Å²) in [4.78, 5) is 0. The van der Waals surface area contributed by atoms with Crippen molar-refractivity contribution >= 4 is 0 Å². The van der Waals surface area contributed by atoms with E-state index < -0.39 is 0 Å². The van der Waals surface area contributed by atoms with Crippen LogP contribution in [-0.2, 0) is 4.74 Å². The van der Waals surface area contributed by atoms with Gasteiger partial charge in [-0.15, -0.1) is 0 Å². The van der Waals surface area contributed by atoms with Gasteiger partial charge in [0.15, 0.2) is 0 Å². The molecule has 0 aliphatic rings. The molecule has 13 heavy (non-hydrogen) atoms. The molecule has 2 unspecified atom stereocenters. The molecule has 80 valence electrons. The van der Waals surface area contributed by atoms with Gasteiger partial charge in [0.05, 0.1) is 6.10 Å². The van der Waals surface area contributed by atoms with Crippen molar-refractivity contribution in [3.8, 4) is 0 Å². The van der Waals surface area contributed by atoms with Gasteiger partial charge in [-0.2, -0.15) is 0 Å². The first kappa shape index (κ1) is 13.0. The Kier molecular flexibility index (Phi) is 8.53. The average molecular weight is 186 g/mol. The number of hydrogen-bond donors (Lipinski definition) is 0. The highest BCUT2D eigenvalue weighted by Gasteiger charge is 2.04. The molecule has 0 fully saturated rings. The first-order valence-corrected chi connectivity index (χ1v) is 5.77. The van der Waals surface area contributed by atoms with Crippen molar-refractivity contribution in [3.05, 3.63) is 0 Å². The molecule has 0 amide bonds. The lowest BCUT2D eigenvalue weighted by atomic mass is 9.99. The molecule has 0 aliphatic carbocycles. The molecule has 0 spiro atoms. The zero-order valence-electron chi connectivity index (χ0n) is 9.81. The number of unbranched alkanes of at least 4 members (excludes halogenated alkanes) is 1. The molecule has 0 N–H and O–H groups in total. The van der Waals surface area contributed by atoms with Crippen LogP contribution in [0.15, 0.2) is 0 Å². The summed E-state index contributed by atoms with van der Waals surface area (Å²) in [5.41, 5.74) is 0. The smallest absolute Gasteiger partial charge is 0.0568 e. The minimum atomic E-state index is 0.497. The summed E-state index contributed by atoms with van der Waals surface area (Å²) in [5.74, 6) is 0.905. The fourth-order valence-corrected chi connectivity index (χ4v) is 1.56. The zero-order valence-corrected chi connectivity index (χ0v) is 9.81. The second-order valence-corrected chi connectivity index (χ2v) is 4.06. The molecule has 0 saturated carbocycles. The lowest BCUT2D eigenvalue weighted by molar-refractivity contribution is 0.0894. The molecule has 0 aliphatic heterocycles. The van der Waals surface area contributed by atoms with E-state index in [2.05, 4.69) is 20.8 Å². The maximum atomic E-state index is 5.33. The molecular formula is C12H26O. The van der Waals surface area contributed by atoms with E-state index in [1.54, 1.807) is 0 Å². The third-order valence-electron chi connectivity index (χ3n) is 2.96. The predicted molar refractivity (Wildman–Crippen MR) is 59.0 cm³/mol. The number of rotatable bonds is 8. The molecule has 0 aromatic heterocycles. The van der Waals surface area contributed by atoms with E-state index in [0.717, 1.165) is 12.3 Å². The van der Waals surface area contributed by atoms with Gasteiger partial charge >= 0.3 is 0 Å². The predicted octanol–water partition coefficient (Wildman–Crippen LogP) is 4.02. The van der Waals surface area contributed by atoms with Crippen LogP contribution in [0.25, 0.3) is 0 Å². The second-order valence-electron chi connectivity index (χ2n) is 4.06. The lowest BCUT2D eigenvalue weighted by Crippen LogP contribution is -2.08. The second kappa shape index (κ2) is 8.55. The Balaban J connectivity index is 3.23. The quantitative estimate of drug-likeness (QED) is 0.520. The SMILES string of the molecule is CCC(C)CCCCC(CC)OC. The van der Waals surface area contributed by atoms with E-state index in [-0.39, 0.29) is 0 Å². The van der Waals surface area contributed by atoms with E-state index in [9.17, 15) is 0 Å². The molecule has 0 radical (unpaired) electrons. The van der Waals surface area contributed by atoms with Crippen LogP contribution in [0.2, 0.25) is 0 Å². The Morgan fingerprint density at radius 1 is 1.00 bits per heavy atom. The fourth-order valence-electron chi connectivity index (χ4n) is 1.56. The first-order chi connectivity index (χ1) is 6.24. The van der Waals surface area contributed by atoms with Gasteiger partial charge in [0.2, 0.25) is 0 Å². The third-order valence-corrected chi connectivity index (χ3v) is 2.96. The van der Waals surface area contributed by atoms with Crippen LogP contribution < -0.4 is 0 Å². The van der Waals surface area contributed by atoms with Crippen LogP contribution in [0.4, 0.5) is 0 Å². The molecule has 2 atom stereocenters. The monoisotopic (exact) mass is 186 g/mol. The average Bonchev–Trinajstić information content (AvgIpc) is 2.18. The maximum absolute atomic E-state index is 5.33. The van der Waals surface area contributed by atoms with Crippen molar-refractivity contribution in [1.82, 2.24) is 0 Å². The van der Waals surface area contributed by atoms with Crippen LogP contribution >= 0.6 is 0 Å². The van der Waals surface area contributed by atoms with Gasteiger partial charge in [-0.1, -0.05) is 46.5 Å². The normalized spacial score (nSPS) is 15.7. The summed E-state index contributed by atoms with van der Waals surface area (Å²) in [6.45, 7) is 6.81. The molecule has 1 nitrogen and oxygen atoms in total.